The zero-order valence-corrected chi connectivity index (χ0v) is 17.3. The third-order valence-corrected chi connectivity index (χ3v) is 5.42. The van der Waals surface area contributed by atoms with Gasteiger partial charge in [0.25, 0.3) is 0 Å². The van der Waals surface area contributed by atoms with E-state index in [4.69, 9.17) is 4.74 Å². The molecule has 0 saturated heterocycles. The van der Waals surface area contributed by atoms with Gasteiger partial charge in [-0.1, -0.05) is 39.7 Å². The Labute approximate surface area is 167 Å². The lowest BCUT2D eigenvalue weighted by Crippen LogP contribution is -2.39. The van der Waals surface area contributed by atoms with Gasteiger partial charge >= 0.3 is 5.97 Å². The standard InChI is InChI=1S/C23H30N2O3/c1-5-6-9-12-28-22(27)19-15(2)25-17-13-23(3,4)14-18(26)20(17)21(19)16-10-7-8-11-24-16/h7-8,10-11,21,25H,5-6,9,12-14H2,1-4H3. The first-order valence-electron chi connectivity index (χ1n) is 10.2. The number of pyridine rings is 1. The van der Waals surface area contributed by atoms with Gasteiger partial charge in [-0.3, -0.25) is 9.78 Å². The first-order valence-corrected chi connectivity index (χ1v) is 10.2. The lowest BCUT2D eigenvalue weighted by Gasteiger charge is -2.39. The Morgan fingerprint density at radius 1 is 1.29 bits per heavy atom. The fourth-order valence-corrected chi connectivity index (χ4v) is 4.14. The minimum Gasteiger partial charge on any atom is -0.462 e. The van der Waals surface area contributed by atoms with Crippen molar-refractivity contribution in [3.05, 3.63) is 52.6 Å². The number of nitrogens with one attached hydrogen (secondary N) is 1. The second kappa shape index (κ2) is 8.29. The molecular weight excluding hydrogens is 352 g/mol. The average molecular weight is 383 g/mol. The van der Waals surface area contributed by atoms with E-state index in [0.717, 1.165) is 37.1 Å². The molecule has 1 atom stereocenters. The van der Waals surface area contributed by atoms with Crippen molar-refractivity contribution in [2.24, 2.45) is 5.41 Å². The Morgan fingerprint density at radius 3 is 2.75 bits per heavy atom. The van der Waals surface area contributed by atoms with E-state index in [-0.39, 0.29) is 17.2 Å². The maximum atomic E-state index is 13.1. The zero-order valence-electron chi connectivity index (χ0n) is 17.3. The van der Waals surface area contributed by atoms with E-state index in [1.165, 1.54) is 0 Å². The number of rotatable bonds is 6. The largest absolute Gasteiger partial charge is 0.462 e. The lowest BCUT2D eigenvalue weighted by molar-refractivity contribution is -0.139. The number of ketones is 1. The van der Waals surface area contributed by atoms with Crippen LogP contribution in [0.15, 0.2) is 46.9 Å². The highest BCUT2D eigenvalue weighted by Crippen LogP contribution is 2.46. The van der Waals surface area contributed by atoms with Gasteiger partial charge in [-0.25, -0.2) is 4.79 Å². The molecule has 0 bridgehead atoms. The van der Waals surface area contributed by atoms with Gasteiger partial charge < -0.3 is 10.1 Å². The Bertz CT molecular complexity index is 822. The first-order chi connectivity index (χ1) is 13.3. The fourth-order valence-electron chi connectivity index (χ4n) is 4.14. The van der Waals surface area contributed by atoms with Gasteiger partial charge in [0.05, 0.1) is 23.8 Å². The summed E-state index contributed by atoms with van der Waals surface area (Å²) in [5.74, 6) is -0.751. The van der Waals surface area contributed by atoms with Gasteiger partial charge in [0, 0.05) is 29.6 Å². The van der Waals surface area contributed by atoms with Gasteiger partial charge in [-0.2, -0.15) is 0 Å². The molecule has 5 nitrogen and oxygen atoms in total. The van der Waals surface area contributed by atoms with Gasteiger partial charge in [0.15, 0.2) is 5.78 Å². The van der Waals surface area contributed by atoms with Crippen LogP contribution in [0.5, 0.6) is 0 Å². The van der Waals surface area contributed by atoms with Gasteiger partial charge in [0.1, 0.15) is 0 Å². The summed E-state index contributed by atoms with van der Waals surface area (Å²) in [7, 11) is 0. The van der Waals surface area contributed by atoms with Crippen molar-refractivity contribution in [2.75, 3.05) is 6.61 Å². The molecule has 1 aromatic heterocycles. The summed E-state index contributed by atoms with van der Waals surface area (Å²) in [6, 6.07) is 5.61. The molecule has 150 valence electrons. The lowest BCUT2D eigenvalue weighted by atomic mass is 9.69. The summed E-state index contributed by atoms with van der Waals surface area (Å²) in [5.41, 5.74) is 3.45. The van der Waals surface area contributed by atoms with Crippen LogP contribution in [0.4, 0.5) is 0 Å². The molecular formula is C23H30N2O3. The van der Waals surface area contributed by atoms with Crippen molar-refractivity contribution in [1.29, 1.82) is 0 Å². The molecule has 0 fully saturated rings. The first kappa shape index (κ1) is 20.3. The van der Waals surface area contributed by atoms with Crippen LogP contribution in [0.25, 0.3) is 0 Å². The van der Waals surface area contributed by atoms with E-state index in [0.29, 0.717) is 29.9 Å². The predicted molar refractivity (Wildman–Crippen MR) is 108 cm³/mol. The fraction of sp³-hybridized carbons (Fsp3) is 0.522. The number of hydrogen-bond acceptors (Lipinski definition) is 5. The van der Waals surface area contributed by atoms with E-state index in [1.807, 2.05) is 25.1 Å². The van der Waals surface area contributed by atoms with Crippen LogP contribution in [-0.4, -0.2) is 23.3 Å². The molecule has 0 spiro atoms. The molecule has 2 aliphatic rings. The topological polar surface area (TPSA) is 68.3 Å². The highest BCUT2D eigenvalue weighted by atomic mass is 16.5. The van der Waals surface area contributed by atoms with Gasteiger partial charge in [0.2, 0.25) is 0 Å². The van der Waals surface area contributed by atoms with Crippen LogP contribution in [0.2, 0.25) is 0 Å². The van der Waals surface area contributed by atoms with Crippen LogP contribution in [0.1, 0.15) is 71.4 Å². The average Bonchev–Trinajstić information content (AvgIpc) is 2.63. The van der Waals surface area contributed by atoms with E-state index in [9.17, 15) is 9.59 Å². The summed E-state index contributed by atoms with van der Waals surface area (Å²) in [6.07, 6.45) is 5.88. The third kappa shape index (κ3) is 4.18. The van der Waals surface area contributed by atoms with Crippen molar-refractivity contribution in [2.45, 2.75) is 65.7 Å². The minimum absolute atomic E-state index is 0.0817. The number of aromatic nitrogens is 1. The van der Waals surface area contributed by atoms with Crippen molar-refractivity contribution in [3.8, 4) is 0 Å². The third-order valence-electron chi connectivity index (χ3n) is 5.42. The van der Waals surface area contributed by atoms with Crippen LogP contribution in [0.3, 0.4) is 0 Å². The van der Waals surface area contributed by atoms with E-state index in [1.54, 1.807) is 6.20 Å². The molecule has 1 N–H and O–H groups in total. The molecule has 0 amide bonds. The summed E-state index contributed by atoms with van der Waals surface area (Å²) in [5, 5.41) is 3.35. The number of unbranched alkanes of at least 4 members (excludes halogenated alkanes) is 2. The zero-order chi connectivity index (χ0) is 20.3. The highest BCUT2D eigenvalue weighted by molar-refractivity contribution is 6.04. The Kier molecular flexibility index (Phi) is 6.01. The van der Waals surface area contributed by atoms with E-state index in [2.05, 4.69) is 31.1 Å². The molecule has 1 aliphatic carbocycles. The highest BCUT2D eigenvalue weighted by Gasteiger charge is 2.43. The Hall–Kier alpha value is -2.43. The number of esters is 1. The van der Waals surface area contributed by atoms with Crippen molar-refractivity contribution < 1.29 is 14.3 Å². The molecule has 1 aliphatic heterocycles. The molecule has 28 heavy (non-hydrogen) atoms. The maximum Gasteiger partial charge on any atom is 0.336 e. The van der Waals surface area contributed by atoms with Gasteiger partial charge in [-0.15, -0.1) is 0 Å². The SMILES string of the molecule is CCCCCOC(=O)C1=C(C)NC2=C(C(=O)CC(C)(C)C2)C1c1ccccn1. The Balaban J connectivity index is 1.99. The van der Waals surface area contributed by atoms with Crippen LogP contribution in [-0.2, 0) is 14.3 Å². The summed E-state index contributed by atoms with van der Waals surface area (Å²) >= 11 is 0. The second-order valence-electron chi connectivity index (χ2n) is 8.53. The summed E-state index contributed by atoms with van der Waals surface area (Å²) in [6.45, 7) is 8.59. The molecule has 0 radical (unpaired) electrons. The number of Topliss-reactive ketones (excluding diaryl/α,β-unsaturated/α-hetero) is 1. The van der Waals surface area contributed by atoms with Crippen molar-refractivity contribution in [3.63, 3.8) is 0 Å². The molecule has 0 saturated carbocycles. The van der Waals surface area contributed by atoms with Crippen molar-refractivity contribution >= 4 is 11.8 Å². The quantitative estimate of drug-likeness (QED) is 0.583. The number of ether oxygens (including phenoxy) is 1. The van der Waals surface area contributed by atoms with Gasteiger partial charge in [-0.05, 0) is 37.3 Å². The number of nitrogens with zero attached hydrogens (tertiary/aromatic N) is 1. The molecule has 5 heteroatoms. The number of hydrogen-bond donors (Lipinski definition) is 1. The summed E-state index contributed by atoms with van der Waals surface area (Å²) in [4.78, 5) is 30.6. The smallest absolute Gasteiger partial charge is 0.336 e. The minimum atomic E-state index is -0.472. The number of carbonyl (C=O) groups is 2. The number of dihydropyridines is 1. The molecule has 1 aromatic rings. The van der Waals surface area contributed by atoms with E-state index >= 15 is 0 Å². The van der Waals surface area contributed by atoms with Crippen LogP contribution < -0.4 is 5.32 Å². The summed E-state index contributed by atoms with van der Waals surface area (Å²) < 4.78 is 5.56. The number of allylic oxidation sites excluding steroid dienone is 3. The molecule has 1 unspecified atom stereocenters. The number of carbonyl (C=O) groups excluding carboxylic acids is 2. The molecule has 2 heterocycles. The van der Waals surface area contributed by atoms with E-state index < -0.39 is 5.92 Å². The second-order valence-corrected chi connectivity index (χ2v) is 8.53. The monoisotopic (exact) mass is 382 g/mol. The molecule has 0 aromatic carbocycles. The van der Waals surface area contributed by atoms with Crippen LogP contribution in [0, 0.1) is 5.41 Å². The van der Waals surface area contributed by atoms with Crippen molar-refractivity contribution in [1.82, 2.24) is 10.3 Å². The molecule has 3 rings (SSSR count). The Morgan fingerprint density at radius 2 is 2.07 bits per heavy atom. The predicted octanol–water partition coefficient (Wildman–Crippen LogP) is 4.42. The van der Waals surface area contributed by atoms with Crippen LogP contribution >= 0.6 is 0 Å². The maximum absolute atomic E-state index is 13.1. The normalized spacial score (nSPS) is 21.3.